The first kappa shape index (κ1) is 14.6. The zero-order valence-corrected chi connectivity index (χ0v) is 13.6. The second-order valence-corrected chi connectivity index (χ2v) is 8.71. The summed E-state index contributed by atoms with van der Waals surface area (Å²) in [7, 11) is -2.98. The van der Waals surface area contributed by atoms with Gasteiger partial charge in [-0.15, -0.1) is 0 Å². The zero-order valence-electron chi connectivity index (χ0n) is 12.8. The summed E-state index contributed by atoms with van der Waals surface area (Å²) < 4.78 is 23.3. The van der Waals surface area contributed by atoms with Gasteiger partial charge in [-0.2, -0.15) is 0 Å². The molecule has 0 spiro atoms. The van der Waals surface area contributed by atoms with E-state index in [0.717, 1.165) is 13.0 Å². The predicted octanol–water partition coefficient (Wildman–Crippen LogP) is 2.35. The molecule has 1 aromatic carbocycles. The Morgan fingerprint density at radius 3 is 2.81 bits per heavy atom. The van der Waals surface area contributed by atoms with E-state index < -0.39 is 9.84 Å². The maximum atomic E-state index is 11.7. The summed E-state index contributed by atoms with van der Waals surface area (Å²) in [5, 5.41) is 0.973. The molecule has 5 heteroatoms. The van der Waals surface area contributed by atoms with Gasteiger partial charge >= 0.3 is 0 Å². The van der Waals surface area contributed by atoms with Crippen LogP contribution in [-0.2, 0) is 22.8 Å². The molecule has 21 heavy (non-hydrogen) atoms. The van der Waals surface area contributed by atoms with E-state index in [1.165, 1.54) is 28.4 Å². The van der Waals surface area contributed by atoms with Gasteiger partial charge in [-0.1, -0.05) is 18.2 Å². The normalized spacial score (nSPS) is 21.4. The first-order valence-electron chi connectivity index (χ1n) is 7.37. The highest BCUT2D eigenvalue weighted by molar-refractivity contribution is 7.91. The Bertz CT molecular complexity index is 764. The molecule has 114 valence electrons. The number of nitrogens with one attached hydrogen (secondary N) is 1. The van der Waals surface area contributed by atoms with Crippen molar-refractivity contribution in [3.63, 3.8) is 0 Å². The highest BCUT2D eigenvalue weighted by atomic mass is 32.2. The predicted molar refractivity (Wildman–Crippen MR) is 86.2 cm³/mol. The highest BCUT2D eigenvalue weighted by Crippen LogP contribution is 2.30. The molecule has 0 fully saturated rings. The maximum absolute atomic E-state index is 11.7. The minimum Gasteiger partial charge on any atom is -0.357 e. The fraction of sp³-hybridized carbons (Fsp3) is 0.500. The molecule has 2 unspecified atom stereocenters. The number of sulfone groups is 1. The summed E-state index contributed by atoms with van der Waals surface area (Å²) >= 11 is 0. The van der Waals surface area contributed by atoms with Crippen LogP contribution >= 0.6 is 0 Å². The van der Waals surface area contributed by atoms with Gasteiger partial charge < -0.3 is 4.98 Å². The molecule has 0 saturated heterocycles. The van der Waals surface area contributed by atoms with Gasteiger partial charge in [0.1, 0.15) is 0 Å². The molecule has 4 nitrogen and oxygen atoms in total. The number of benzene rings is 1. The van der Waals surface area contributed by atoms with Crippen molar-refractivity contribution in [3.8, 4) is 0 Å². The Labute approximate surface area is 126 Å². The third-order valence-electron chi connectivity index (χ3n) is 4.61. The molecule has 2 heterocycles. The second-order valence-electron chi connectivity index (χ2n) is 6.25. The van der Waals surface area contributed by atoms with Crippen molar-refractivity contribution in [1.82, 2.24) is 9.88 Å². The van der Waals surface area contributed by atoms with Gasteiger partial charge in [0, 0.05) is 42.0 Å². The molecule has 1 aliphatic heterocycles. The lowest BCUT2D eigenvalue weighted by atomic mass is 9.97. The van der Waals surface area contributed by atoms with Crippen molar-refractivity contribution in [1.29, 1.82) is 0 Å². The van der Waals surface area contributed by atoms with Crippen LogP contribution in [0.5, 0.6) is 0 Å². The fourth-order valence-electron chi connectivity index (χ4n) is 3.12. The lowest BCUT2D eigenvalue weighted by molar-refractivity contribution is 0.184. The zero-order chi connectivity index (χ0) is 15.2. The van der Waals surface area contributed by atoms with Crippen LogP contribution in [0.15, 0.2) is 24.3 Å². The van der Waals surface area contributed by atoms with Crippen molar-refractivity contribution in [2.24, 2.45) is 0 Å². The molecule has 0 saturated carbocycles. The first-order valence-corrected chi connectivity index (χ1v) is 9.33. The van der Waals surface area contributed by atoms with E-state index in [9.17, 15) is 8.42 Å². The first-order chi connectivity index (χ1) is 9.86. The second kappa shape index (κ2) is 5.14. The van der Waals surface area contributed by atoms with Gasteiger partial charge in [0.15, 0.2) is 9.84 Å². The highest BCUT2D eigenvalue weighted by Gasteiger charge is 2.28. The Balaban J connectivity index is 1.89. The minimum atomic E-state index is -2.98. The van der Waals surface area contributed by atoms with Crippen LogP contribution in [0.3, 0.4) is 0 Å². The van der Waals surface area contributed by atoms with Gasteiger partial charge in [-0.3, -0.25) is 4.90 Å². The third-order valence-corrected chi connectivity index (χ3v) is 6.22. The molecule has 0 radical (unpaired) electrons. The summed E-state index contributed by atoms with van der Waals surface area (Å²) in [5.41, 5.74) is 3.80. The van der Waals surface area contributed by atoms with Crippen LogP contribution in [0.25, 0.3) is 10.9 Å². The quantitative estimate of drug-likeness (QED) is 0.947. The Morgan fingerprint density at radius 1 is 1.38 bits per heavy atom. The number of fused-ring (bicyclic) bond motifs is 3. The standard InChI is InChI=1S/C16H22N2O2S/c1-11-8-14-13-6-4-5-7-15(13)17-16(14)10-18(11)9-12(2)21(3,19)20/h4-7,11-12,17H,8-10H2,1-3H3. The molecule has 1 aliphatic rings. The Morgan fingerprint density at radius 2 is 2.10 bits per heavy atom. The minimum absolute atomic E-state index is 0.328. The van der Waals surface area contributed by atoms with Crippen molar-refractivity contribution < 1.29 is 8.42 Å². The van der Waals surface area contributed by atoms with E-state index in [0.29, 0.717) is 12.6 Å². The summed E-state index contributed by atoms with van der Waals surface area (Å²) in [4.78, 5) is 5.75. The van der Waals surface area contributed by atoms with E-state index >= 15 is 0 Å². The topological polar surface area (TPSA) is 53.2 Å². The number of aromatic amines is 1. The van der Waals surface area contributed by atoms with Crippen LogP contribution in [0.2, 0.25) is 0 Å². The summed E-state index contributed by atoms with van der Waals surface area (Å²) in [6.07, 6.45) is 2.29. The molecule has 3 rings (SSSR count). The lowest BCUT2D eigenvalue weighted by Crippen LogP contribution is -2.43. The number of aromatic nitrogens is 1. The molecule has 2 aromatic rings. The molecule has 0 aliphatic carbocycles. The third kappa shape index (κ3) is 2.72. The molecular weight excluding hydrogens is 284 g/mol. The summed E-state index contributed by atoms with van der Waals surface area (Å²) in [6, 6.07) is 8.73. The van der Waals surface area contributed by atoms with Gasteiger partial charge in [0.05, 0.1) is 5.25 Å². The SMILES string of the molecule is CC1Cc2c([nH]c3ccccc23)CN1CC(C)S(C)(=O)=O. The molecule has 1 aromatic heterocycles. The van der Waals surface area contributed by atoms with Crippen molar-refractivity contribution in [3.05, 3.63) is 35.5 Å². The van der Waals surface area contributed by atoms with Gasteiger partial charge in [0.25, 0.3) is 0 Å². The van der Waals surface area contributed by atoms with Crippen LogP contribution in [0, 0.1) is 0 Å². The number of hydrogen-bond donors (Lipinski definition) is 1. The Hall–Kier alpha value is -1.33. The number of hydrogen-bond acceptors (Lipinski definition) is 3. The van der Waals surface area contributed by atoms with Crippen LogP contribution < -0.4 is 0 Å². The van der Waals surface area contributed by atoms with Crippen molar-refractivity contribution in [2.75, 3.05) is 12.8 Å². The van der Waals surface area contributed by atoms with E-state index in [-0.39, 0.29) is 5.25 Å². The molecule has 0 amide bonds. The monoisotopic (exact) mass is 306 g/mol. The largest absolute Gasteiger partial charge is 0.357 e. The smallest absolute Gasteiger partial charge is 0.151 e. The van der Waals surface area contributed by atoms with E-state index in [1.54, 1.807) is 6.92 Å². The van der Waals surface area contributed by atoms with Crippen LogP contribution in [0.4, 0.5) is 0 Å². The van der Waals surface area contributed by atoms with Crippen molar-refractivity contribution >= 4 is 20.7 Å². The van der Waals surface area contributed by atoms with E-state index in [4.69, 9.17) is 0 Å². The number of H-pyrrole nitrogens is 1. The Kier molecular flexibility index (Phi) is 3.58. The molecule has 1 N–H and O–H groups in total. The summed E-state index contributed by atoms with van der Waals surface area (Å²) in [6.45, 7) is 5.36. The van der Waals surface area contributed by atoms with E-state index in [1.807, 2.05) is 6.07 Å². The average Bonchev–Trinajstić information content (AvgIpc) is 2.76. The number of rotatable bonds is 3. The van der Waals surface area contributed by atoms with Gasteiger partial charge in [-0.05, 0) is 31.9 Å². The van der Waals surface area contributed by atoms with Crippen LogP contribution in [0.1, 0.15) is 25.1 Å². The van der Waals surface area contributed by atoms with Crippen LogP contribution in [-0.4, -0.2) is 42.4 Å². The van der Waals surface area contributed by atoms with Crippen molar-refractivity contribution in [2.45, 2.75) is 38.1 Å². The average molecular weight is 306 g/mol. The maximum Gasteiger partial charge on any atom is 0.151 e. The summed E-state index contributed by atoms with van der Waals surface area (Å²) in [5.74, 6) is 0. The van der Waals surface area contributed by atoms with E-state index in [2.05, 4.69) is 35.0 Å². The van der Waals surface area contributed by atoms with Gasteiger partial charge in [-0.25, -0.2) is 8.42 Å². The molecule has 2 atom stereocenters. The fourth-order valence-corrected chi connectivity index (χ4v) is 3.58. The lowest BCUT2D eigenvalue weighted by Gasteiger charge is -2.34. The number of nitrogens with zero attached hydrogens (tertiary/aromatic N) is 1. The number of para-hydroxylation sites is 1. The van der Waals surface area contributed by atoms with Gasteiger partial charge in [0.2, 0.25) is 0 Å². The molecule has 0 bridgehead atoms. The molecular formula is C16H22N2O2S.